The van der Waals surface area contributed by atoms with Gasteiger partial charge in [0.15, 0.2) is 5.82 Å². The lowest BCUT2D eigenvalue weighted by molar-refractivity contribution is 0.624. The van der Waals surface area contributed by atoms with Crippen LogP contribution in [0.3, 0.4) is 0 Å². The molecule has 0 aliphatic carbocycles. The Labute approximate surface area is 135 Å². The first-order chi connectivity index (χ1) is 10.6. The minimum absolute atomic E-state index is 0.319. The van der Waals surface area contributed by atoms with Crippen molar-refractivity contribution in [2.45, 2.75) is 0 Å². The van der Waals surface area contributed by atoms with E-state index in [-0.39, 0.29) is 5.82 Å². The average molecular weight is 356 g/mol. The van der Waals surface area contributed by atoms with Crippen molar-refractivity contribution >= 4 is 38.6 Å². The maximum Gasteiger partial charge on any atom is 0.151 e. The molecule has 0 saturated carbocycles. The Bertz CT molecular complexity index is 935. The summed E-state index contributed by atoms with van der Waals surface area (Å²) in [6, 6.07) is 14.5. The van der Waals surface area contributed by atoms with Crippen molar-refractivity contribution in [3.05, 3.63) is 64.1 Å². The van der Waals surface area contributed by atoms with Gasteiger partial charge in [-0.2, -0.15) is 5.26 Å². The minimum Gasteiger partial charge on any atom is -0.327 e. The van der Waals surface area contributed by atoms with E-state index in [4.69, 9.17) is 0 Å². The normalized spacial score (nSPS) is 11.6. The fourth-order valence-electron chi connectivity index (χ4n) is 2.31. The smallest absolute Gasteiger partial charge is 0.151 e. The molecule has 3 rings (SSSR count). The molecular weight excluding hydrogens is 345 g/mol. The van der Waals surface area contributed by atoms with E-state index < -0.39 is 0 Å². The zero-order chi connectivity index (χ0) is 15.7. The van der Waals surface area contributed by atoms with Gasteiger partial charge < -0.3 is 4.57 Å². The predicted molar refractivity (Wildman–Crippen MR) is 88.3 cm³/mol. The zero-order valence-corrected chi connectivity index (χ0v) is 13.3. The van der Waals surface area contributed by atoms with Gasteiger partial charge in [-0.1, -0.05) is 34.1 Å². The second-order valence-corrected chi connectivity index (χ2v) is 5.73. The molecule has 108 valence electrons. The molecule has 3 aromatic rings. The number of nitrogens with zero attached hydrogens (tertiary/aromatic N) is 3. The van der Waals surface area contributed by atoms with E-state index in [2.05, 4.69) is 27.0 Å². The number of rotatable bonds is 2. The van der Waals surface area contributed by atoms with Crippen molar-refractivity contribution in [1.82, 2.24) is 9.55 Å². The Morgan fingerprint density at radius 1 is 1.32 bits per heavy atom. The molecule has 1 heterocycles. The second kappa shape index (κ2) is 5.74. The van der Waals surface area contributed by atoms with E-state index in [0.29, 0.717) is 21.4 Å². The molecule has 0 unspecified atom stereocenters. The average Bonchev–Trinajstić information content (AvgIpc) is 2.84. The Hall–Kier alpha value is -2.45. The number of allylic oxidation sites excluding steroid dienone is 1. The number of hydrogen-bond acceptors (Lipinski definition) is 2. The molecule has 0 radical (unpaired) electrons. The van der Waals surface area contributed by atoms with Gasteiger partial charge in [0.2, 0.25) is 0 Å². The van der Waals surface area contributed by atoms with Crippen LogP contribution in [0.2, 0.25) is 0 Å². The van der Waals surface area contributed by atoms with Gasteiger partial charge >= 0.3 is 0 Å². The van der Waals surface area contributed by atoms with Crippen LogP contribution in [-0.4, -0.2) is 9.55 Å². The lowest BCUT2D eigenvalue weighted by Crippen LogP contribution is -1.96. The number of fused-ring (bicyclic) bond motifs is 1. The van der Waals surface area contributed by atoms with Crippen LogP contribution in [-0.2, 0) is 7.05 Å². The summed E-state index contributed by atoms with van der Waals surface area (Å²) >= 11 is 3.22. The number of benzene rings is 2. The Balaban J connectivity index is 2.16. The third kappa shape index (κ3) is 2.53. The highest BCUT2D eigenvalue weighted by atomic mass is 79.9. The van der Waals surface area contributed by atoms with E-state index in [1.165, 1.54) is 12.1 Å². The summed E-state index contributed by atoms with van der Waals surface area (Å²) in [6.07, 6.45) is 1.52. The number of halogens is 2. The van der Waals surface area contributed by atoms with Gasteiger partial charge in [-0.25, -0.2) is 9.37 Å². The highest BCUT2D eigenvalue weighted by molar-refractivity contribution is 9.10. The molecule has 0 amide bonds. The first-order valence-electron chi connectivity index (χ1n) is 6.59. The highest BCUT2D eigenvalue weighted by Crippen LogP contribution is 2.24. The number of hydrogen-bond donors (Lipinski definition) is 0. The SMILES string of the molecule is Cn1c(C(C#N)=Cc2ccc(Br)cc2F)nc2ccccc21. The standard InChI is InChI=1S/C17H11BrFN3/c1-22-16-5-3-2-4-15(16)21-17(22)12(10-20)8-11-6-7-13(18)9-14(11)19/h2-9H,1H3. The topological polar surface area (TPSA) is 41.6 Å². The lowest BCUT2D eigenvalue weighted by atomic mass is 10.1. The second-order valence-electron chi connectivity index (χ2n) is 4.82. The van der Waals surface area contributed by atoms with Gasteiger partial charge in [-0.3, -0.25) is 0 Å². The van der Waals surface area contributed by atoms with Gasteiger partial charge in [0.1, 0.15) is 11.9 Å². The van der Waals surface area contributed by atoms with Crippen LogP contribution in [0.4, 0.5) is 4.39 Å². The van der Waals surface area contributed by atoms with E-state index >= 15 is 0 Å². The number of aryl methyl sites for hydroxylation is 1. The van der Waals surface area contributed by atoms with Gasteiger partial charge in [0, 0.05) is 17.1 Å². The third-order valence-corrected chi connectivity index (χ3v) is 3.90. The van der Waals surface area contributed by atoms with Crippen LogP contribution in [0.25, 0.3) is 22.7 Å². The fourth-order valence-corrected chi connectivity index (χ4v) is 2.64. The summed E-state index contributed by atoms with van der Waals surface area (Å²) in [5, 5.41) is 9.43. The van der Waals surface area contributed by atoms with Crippen molar-refractivity contribution in [1.29, 1.82) is 5.26 Å². The van der Waals surface area contributed by atoms with Crippen LogP contribution >= 0.6 is 15.9 Å². The molecule has 5 heteroatoms. The van der Waals surface area contributed by atoms with Crippen LogP contribution in [0.15, 0.2) is 46.9 Å². The predicted octanol–water partition coefficient (Wildman–Crippen LogP) is 4.54. The number of para-hydroxylation sites is 2. The zero-order valence-electron chi connectivity index (χ0n) is 11.7. The Kier molecular flexibility index (Phi) is 3.78. The van der Waals surface area contributed by atoms with E-state index in [9.17, 15) is 9.65 Å². The molecule has 0 fully saturated rings. The number of aromatic nitrogens is 2. The summed E-state index contributed by atoms with van der Waals surface area (Å²) in [5.41, 5.74) is 2.40. The van der Waals surface area contributed by atoms with Gasteiger partial charge in [0.25, 0.3) is 0 Å². The van der Waals surface area contributed by atoms with E-state index in [0.717, 1.165) is 11.0 Å². The van der Waals surface area contributed by atoms with Crippen LogP contribution in [0, 0.1) is 17.1 Å². The van der Waals surface area contributed by atoms with Crippen molar-refractivity contribution in [2.75, 3.05) is 0 Å². The van der Waals surface area contributed by atoms with Crippen molar-refractivity contribution in [3.8, 4) is 6.07 Å². The summed E-state index contributed by atoms with van der Waals surface area (Å²) in [7, 11) is 1.84. The van der Waals surface area contributed by atoms with Crippen molar-refractivity contribution in [2.24, 2.45) is 7.05 Å². The molecule has 2 aromatic carbocycles. The molecule has 0 atom stereocenters. The van der Waals surface area contributed by atoms with E-state index in [1.807, 2.05) is 35.9 Å². The molecule has 0 aliphatic heterocycles. The molecule has 0 spiro atoms. The molecule has 0 saturated heterocycles. The monoisotopic (exact) mass is 355 g/mol. The minimum atomic E-state index is -0.388. The van der Waals surface area contributed by atoms with Gasteiger partial charge in [0.05, 0.1) is 16.6 Å². The summed E-state index contributed by atoms with van der Waals surface area (Å²) in [5.74, 6) is 0.131. The molecule has 0 N–H and O–H groups in total. The Morgan fingerprint density at radius 2 is 2.09 bits per heavy atom. The first-order valence-corrected chi connectivity index (χ1v) is 7.38. The largest absolute Gasteiger partial charge is 0.327 e. The highest BCUT2D eigenvalue weighted by Gasteiger charge is 2.12. The molecule has 22 heavy (non-hydrogen) atoms. The van der Waals surface area contributed by atoms with Crippen molar-refractivity contribution in [3.63, 3.8) is 0 Å². The van der Waals surface area contributed by atoms with Crippen LogP contribution < -0.4 is 0 Å². The maximum absolute atomic E-state index is 14.0. The fraction of sp³-hybridized carbons (Fsp3) is 0.0588. The lowest BCUT2D eigenvalue weighted by Gasteiger charge is -2.02. The molecular formula is C17H11BrFN3. The first kappa shape index (κ1) is 14.5. The quantitative estimate of drug-likeness (QED) is 0.633. The third-order valence-electron chi connectivity index (χ3n) is 3.41. The summed E-state index contributed by atoms with van der Waals surface area (Å²) in [6.45, 7) is 0. The molecule has 0 bridgehead atoms. The van der Waals surface area contributed by atoms with Crippen molar-refractivity contribution < 1.29 is 4.39 Å². The van der Waals surface area contributed by atoms with Gasteiger partial charge in [-0.05, 0) is 30.3 Å². The molecule has 3 nitrogen and oxygen atoms in total. The molecule has 1 aromatic heterocycles. The molecule has 0 aliphatic rings. The Morgan fingerprint density at radius 3 is 2.77 bits per heavy atom. The van der Waals surface area contributed by atoms with Gasteiger partial charge in [-0.15, -0.1) is 0 Å². The van der Waals surface area contributed by atoms with Crippen LogP contribution in [0.5, 0.6) is 0 Å². The summed E-state index contributed by atoms with van der Waals surface area (Å²) in [4.78, 5) is 4.47. The maximum atomic E-state index is 14.0. The number of nitriles is 1. The number of imidazole rings is 1. The summed E-state index contributed by atoms with van der Waals surface area (Å²) < 4.78 is 16.4. The van der Waals surface area contributed by atoms with E-state index in [1.54, 1.807) is 12.1 Å². The van der Waals surface area contributed by atoms with Crippen LogP contribution in [0.1, 0.15) is 11.4 Å².